The van der Waals surface area contributed by atoms with E-state index in [1.54, 1.807) is 71.3 Å². The zero-order chi connectivity index (χ0) is 21.3. The monoisotopic (exact) mass is 422 g/mol. The molecule has 148 valence electrons. The number of nitriles is 1. The van der Waals surface area contributed by atoms with Crippen LogP contribution in [0.15, 0.2) is 84.9 Å². The van der Waals surface area contributed by atoms with Crippen LogP contribution in [-0.2, 0) is 6.18 Å². The van der Waals surface area contributed by atoms with Gasteiger partial charge in [0.2, 0.25) is 0 Å². The lowest BCUT2D eigenvalue weighted by atomic mass is 10.1. The summed E-state index contributed by atoms with van der Waals surface area (Å²) >= 11 is 5.99. The van der Waals surface area contributed by atoms with Gasteiger partial charge in [-0.3, -0.25) is 0 Å². The van der Waals surface area contributed by atoms with Crippen LogP contribution in [-0.4, -0.2) is 4.57 Å². The van der Waals surface area contributed by atoms with Gasteiger partial charge in [0.15, 0.2) is 0 Å². The van der Waals surface area contributed by atoms with Crippen LogP contribution in [0, 0.1) is 11.3 Å². The van der Waals surface area contributed by atoms with Crippen molar-refractivity contribution in [2.75, 3.05) is 0 Å². The molecule has 0 saturated carbocycles. The molecule has 0 amide bonds. The van der Waals surface area contributed by atoms with Gasteiger partial charge in [0.05, 0.1) is 34.3 Å². The number of hydrogen-bond donors (Lipinski definition) is 0. The maximum atomic E-state index is 13.8. The van der Waals surface area contributed by atoms with Crippen LogP contribution in [0.4, 0.5) is 13.2 Å². The number of alkyl halides is 3. The van der Waals surface area contributed by atoms with Crippen molar-refractivity contribution in [2.45, 2.75) is 6.18 Å². The maximum Gasteiger partial charge on any atom is 0.418 e. The zero-order valence-electron chi connectivity index (χ0n) is 15.5. The molecule has 0 radical (unpaired) electrons. The summed E-state index contributed by atoms with van der Waals surface area (Å²) in [6.45, 7) is 0. The van der Waals surface area contributed by atoms with Gasteiger partial charge >= 0.3 is 6.18 Å². The Hall–Kier alpha value is -3.49. The summed E-state index contributed by atoms with van der Waals surface area (Å²) < 4.78 is 43.0. The van der Waals surface area contributed by atoms with Gasteiger partial charge in [-0.2, -0.15) is 18.4 Å². The number of rotatable bonds is 3. The van der Waals surface area contributed by atoms with Gasteiger partial charge in [0.1, 0.15) is 0 Å². The highest BCUT2D eigenvalue weighted by Crippen LogP contribution is 2.39. The SMILES string of the molecule is N#Cc1ccc(-c2ccc(-c3ccc(Cl)cc3)n2-c2ccccc2C(F)(F)F)cc1. The molecule has 6 heteroatoms. The van der Waals surface area contributed by atoms with Crippen molar-refractivity contribution < 1.29 is 13.2 Å². The van der Waals surface area contributed by atoms with E-state index in [9.17, 15) is 13.2 Å². The van der Waals surface area contributed by atoms with Gasteiger partial charge in [-0.05, 0) is 59.7 Å². The molecule has 0 aliphatic rings. The third-order valence-corrected chi connectivity index (χ3v) is 5.03. The Labute approximate surface area is 176 Å². The minimum atomic E-state index is -4.51. The lowest BCUT2D eigenvalue weighted by Crippen LogP contribution is -2.12. The molecule has 1 heterocycles. The van der Waals surface area contributed by atoms with Gasteiger partial charge in [-0.25, -0.2) is 0 Å². The first-order valence-electron chi connectivity index (χ1n) is 9.03. The summed E-state index contributed by atoms with van der Waals surface area (Å²) in [4.78, 5) is 0. The highest BCUT2D eigenvalue weighted by Gasteiger charge is 2.34. The number of para-hydroxylation sites is 1. The normalized spacial score (nSPS) is 11.3. The van der Waals surface area contributed by atoms with E-state index >= 15 is 0 Å². The smallest absolute Gasteiger partial charge is 0.309 e. The Balaban J connectivity index is 2.00. The zero-order valence-corrected chi connectivity index (χ0v) is 16.2. The lowest BCUT2D eigenvalue weighted by molar-refractivity contribution is -0.137. The molecule has 0 aliphatic heterocycles. The highest BCUT2D eigenvalue weighted by atomic mass is 35.5. The van der Waals surface area contributed by atoms with Crippen LogP contribution in [0.3, 0.4) is 0 Å². The summed E-state index contributed by atoms with van der Waals surface area (Å²) in [5.74, 6) is 0. The molecule has 2 nitrogen and oxygen atoms in total. The molecule has 3 aromatic carbocycles. The number of aromatic nitrogens is 1. The summed E-state index contributed by atoms with van der Waals surface area (Å²) in [5, 5.41) is 9.58. The second-order valence-corrected chi connectivity index (χ2v) is 7.09. The second kappa shape index (κ2) is 7.74. The molecule has 0 unspecified atom stereocenters. The Bertz CT molecular complexity index is 1230. The minimum Gasteiger partial charge on any atom is -0.309 e. The van der Waals surface area contributed by atoms with E-state index in [1.807, 2.05) is 6.07 Å². The summed E-state index contributed by atoms with van der Waals surface area (Å²) in [6, 6.07) is 24.8. The standard InChI is InChI=1S/C24H14ClF3N2/c25-19-11-9-18(10-12-19)22-14-13-21(17-7-5-16(15-29)6-8-17)30(22)23-4-2-1-3-20(23)24(26,27)28/h1-14H. The molecule has 4 rings (SSSR count). The van der Waals surface area contributed by atoms with E-state index in [0.717, 1.165) is 11.6 Å². The number of halogens is 4. The molecule has 0 atom stereocenters. The first kappa shape index (κ1) is 19.8. The Morgan fingerprint density at radius 2 is 1.27 bits per heavy atom. The fourth-order valence-corrected chi connectivity index (χ4v) is 3.52. The molecule has 1 aromatic heterocycles. The third-order valence-electron chi connectivity index (χ3n) is 4.78. The molecule has 0 saturated heterocycles. The van der Waals surface area contributed by atoms with Crippen molar-refractivity contribution in [1.82, 2.24) is 4.57 Å². The lowest BCUT2D eigenvalue weighted by Gasteiger charge is -2.19. The van der Waals surface area contributed by atoms with E-state index in [4.69, 9.17) is 16.9 Å². The predicted octanol–water partition coefficient (Wildman–Crippen LogP) is 7.36. The van der Waals surface area contributed by atoms with Gasteiger partial charge in [-0.1, -0.05) is 48.0 Å². The average molecular weight is 423 g/mol. The van der Waals surface area contributed by atoms with Crippen molar-refractivity contribution in [2.24, 2.45) is 0 Å². The Morgan fingerprint density at radius 3 is 1.80 bits per heavy atom. The Morgan fingerprint density at radius 1 is 0.733 bits per heavy atom. The van der Waals surface area contributed by atoms with Crippen LogP contribution in [0.2, 0.25) is 5.02 Å². The van der Waals surface area contributed by atoms with E-state index in [1.165, 1.54) is 12.1 Å². The van der Waals surface area contributed by atoms with Crippen LogP contribution in [0.5, 0.6) is 0 Å². The van der Waals surface area contributed by atoms with Crippen molar-refractivity contribution in [1.29, 1.82) is 5.26 Å². The average Bonchev–Trinajstić information content (AvgIpc) is 3.18. The van der Waals surface area contributed by atoms with Crippen LogP contribution in [0.25, 0.3) is 28.2 Å². The maximum absolute atomic E-state index is 13.8. The first-order valence-corrected chi connectivity index (χ1v) is 9.41. The van der Waals surface area contributed by atoms with Crippen molar-refractivity contribution >= 4 is 11.6 Å². The minimum absolute atomic E-state index is 0.0271. The first-order chi connectivity index (χ1) is 14.4. The molecule has 30 heavy (non-hydrogen) atoms. The Kier molecular flexibility index (Phi) is 5.11. The fraction of sp³-hybridized carbons (Fsp3) is 0.0417. The largest absolute Gasteiger partial charge is 0.418 e. The molecule has 4 aromatic rings. The summed E-state index contributed by atoms with van der Waals surface area (Å²) in [7, 11) is 0. The van der Waals surface area contributed by atoms with Crippen LogP contribution in [0.1, 0.15) is 11.1 Å². The molecule has 0 spiro atoms. The topological polar surface area (TPSA) is 28.7 Å². The van der Waals surface area contributed by atoms with Crippen molar-refractivity contribution in [3.63, 3.8) is 0 Å². The highest BCUT2D eigenvalue weighted by molar-refractivity contribution is 6.30. The molecule has 0 aliphatic carbocycles. The predicted molar refractivity (Wildman–Crippen MR) is 111 cm³/mol. The number of nitrogens with zero attached hydrogens (tertiary/aromatic N) is 2. The number of hydrogen-bond acceptors (Lipinski definition) is 1. The summed E-state index contributed by atoms with van der Waals surface area (Å²) in [6.07, 6.45) is -4.51. The molecular formula is C24H14ClF3N2. The fourth-order valence-electron chi connectivity index (χ4n) is 3.39. The van der Waals surface area contributed by atoms with Gasteiger partial charge < -0.3 is 4.57 Å². The van der Waals surface area contributed by atoms with Crippen molar-refractivity contribution in [3.05, 3.63) is 101 Å². The van der Waals surface area contributed by atoms with Crippen LogP contribution >= 0.6 is 11.6 Å². The second-order valence-electron chi connectivity index (χ2n) is 6.65. The van der Waals surface area contributed by atoms with Gasteiger partial charge in [0.25, 0.3) is 0 Å². The van der Waals surface area contributed by atoms with Gasteiger partial charge in [-0.15, -0.1) is 0 Å². The third kappa shape index (κ3) is 3.70. The van der Waals surface area contributed by atoms with Crippen LogP contribution < -0.4 is 0 Å². The summed E-state index contributed by atoms with van der Waals surface area (Å²) in [5.41, 5.74) is 2.39. The van der Waals surface area contributed by atoms with Gasteiger partial charge in [0, 0.05) is 5.02 Å². The van der Waals surface area contributed by atoms with E-state index in [2.05, 4.69) is 0 Å². The molecule has 0 N–H and O–H groups in total. The van der Waals surface area contributed by atoms with Crippen molar-refractivity contribution in [3.8, 4) is 34.3 Å². The molecule has 0 fully saturated rings. The van der Waals surface area contributed by atoms with E-state index < -0.39 is 11.7 Å². The van der Waals surface area contributed by atoms with E-state index in [0.29, 0.717) is 27.5 Å². The van der Waals surface area contributed by atoms with E-state index in [-0.39, 0.29) is 5.69 Å². The quantitative estimate of drug-likeness (QED) is 0.339. The number of benzene rings is 3. The molecule has 0 bridgehead atoms. The molecular weight excluding hydrogens is 409 g/mol.